The van der Waals surface area contributed by atoms with Gasteiger partial charge < -0.3 is 9.47 Å². The second-order valence-corrected chi connectivity index (χ2v) is 13.0. The van der Waals surface area contributed by atoms with Crippen LogP contribution in [0.15, 0.2) is 12.1 Å². The van der Waals surface area contributed by atoms with Gasteiger partial charge in [-0.25, -0.2) is 0 Å². The summed E-state index contributed by atoms with van der Waals surface area (Å²) in [7, 11) is 1.03. The second kappa shape index (κ2) is 7.32. The van der Waals surface area contributed by atoms with Gasteiger partial charge in [-0.05, 0) is 42.4 Å². The smallest absolute Gasteiger partial charge is 0.323 e. The molecule has 0 amide bonds. The van der Waals surface area contributed by atoms with Crippen LogP contribution >= 0.6 is 0 Å². The van der Waals surface area contributed by atoms with Crippen molar-refractivity contribution in [1.82, 2.24) is 0 Å². The summed E-state index contributed by atoms with van der Waals surface area (Å²) in [6, 6.07) is 4.30. The first-order chi connectivity index (χ1) is 11.7. The third kappa shape index (κ3) is 3.52. The van der Waals surface area contributed by atoms with Crippen LogP contribution in [0.2, 0.25) is 19.6 Å². The molecule has 138 valence electrons. The predicted octanol–water partition coefficient (Wildman–Crippen LogP) is 3.01. The van der Waals surface area contributed by atoms with Crippen LogP contribution < -0.4 is 5.19 Å². The molecular weight excluding hydrogens is 332 g/mol. The minimum Gasteiger partial charge on any atom is -0.468 e. The average Bonchev–Trinajstić information content (AvgIpc) is 2.97. The maximum atomic E-state index is 12.5. The van der Waals surface area contributed by atoms with Crippen molar-refractivity contribution in [3.63, 3.8) is 0 Å². The number of hydrogen-bond acceptors (Lipinski definition) is 4. The molecule has 0 saturated carbocycles. The highest BCUT2D eigenvalue weighted by Crippen LogP contribution is 2.40. The fourth-order valence-electron chi connectivity index (χ4n) is 4.07. The molecule has 0 saturated heterocycles. The van der Waals surface area contributed by atoms with Gasteiger partial charge in [0.15, 0.2) is 5.41 Å². The van der Waals surface area contributed by atoms with Crippen molar-refractivity contribution in [2.24, 2.45) is 5.41 Å². The summed E-state index contributed by atoms with van der Waals surface area (Å²) in [6.07, 6.45) is 4.10. The Bertz CT molecular complexity index is 657. The van der Waals surface area contributed by atoms with Crippen LogP contribution in [-0.2, 0) is 38.3 Å². The van der Waals surface area contributed by atoms with Crippen molar-refractivity contribution < 1.29 is 19.1 Å². The van der Waals surface area contributed by atoms with E-state index in [-0.39, 0.29) is 0 Å². The highest BCUT2D eigenvalue weighted by Gasteiger charge is 2.53. The highest BCUT2D eigenvalue weighted by atomic mass is 28.3. The van der Waals surface area contributed by atoms with Gasteiger partial charge in [-0.1, -0.05) is 50.3 Å². The summed E-state index contributed by atoms with van der Waals surface area (Å²) >= 11 is 0. The van der Waals surface area contributed by atoms with E-state index in [1.54, 1.807) is 0 Å². The van der Waals surface area contributed by atoms with E-state index in [1.807, 2.05) is 0 Å². The fourth-order valence-corrected chi connectivity index (χ4v) is 6.40. The minimum absolute atomic E-state index is 0.368. The number of fused-ring (bicyclic) bond motifs is 1. The normalized spacial score (nSPS) is 15.6. The molecule has 0 atom stereocenters. The summed E-state index contributed by atoms with van der Waals surface area (Å²) in [4.78, 5) is 25.0. The van der Waals surface area contributed by atoms with Crippen LogP contribution in [0.25, 0.3) is 0 Å². The van der Waals surface area contributed by atoms with Crippen molar-refractivity contribution >= 4 is 25.2 Å². The molecule has 1 aromatic carbocycles. The predicted molar refractivity (Wildman–Crippen MR) is 102 cm³/mol. The Morgan fingerprint density at radius 1 is 1.08 bits per heavy atom. The van der Waals surface area contributed by atoms with E-state index in [0.29, 0.717) is 12.8 Å². The minimum atomic E-state index is -1.64. The van der Waals surface area contributed by atoms with Gasteiger partial charge in [0.1, 0.15) is 0 Å². The van der Waals surface area contributed by atoms with Crippen molar-refractivity contribution in [1.29, 1.82) is 0 Å². The maximum Gasteiger partial charge on any atom is 0.323 e. The molecule has 0 fully saturated rings. The monoisotopic (exact) mass is 362 g/mol. The lowest BCUT2D eigenvalue weighted by Crippen LogP contribution is -2.45. The Labute approximate surface area is 151 Å². The third-order valence-electron chi connectivity index (χ3n) is 5.17. The molecule has 1 aliphatic carbocycles. The molecule has 1 aromatic rings. The summed E-state index contributed by atoms with van der Waals surface area (Å²) in [5, 5.41) is 1.41. The molecule has 0 aliphatic heterocycles. The number of carbonyl (C=O) groups excluding carboxylic acids is 2. The van der Waals surface area contributed by atoms with Crippen LogP contribution in [0, 0.1) is 5.41 Å². The molecule has 0 radical (unpaired) electrons. The molecule has 25 heavy (non-hydrogen) atoms. The van der Waals surface area contributed by atoms with Gasteiger partial charge in [-0.2, -0.15) is 0 Å². The summed E-state index contributed by atoms with van der Waals surface area (Å²) in [6.45, 7) is 9.18. The lowest BCUT2D eigenvalue weighted by Gasteiger charge is -2.26. The van der Waals surface area contributed by atoms with E-state index < -0.39 is 25.4 Å². The largest absolute Gasteiger partial charge is 0.468 e. The van der Waals surface area contributed by atoms with Gasteiger partial charge in [0.2, 0.25) is 0 Å². The standard InChI is InChI=1S/C20H30O4Si/c1-7-8-9-14-10-11-15-12-20(18(21)23-2,19(22)24-3)13-16(15)17(14)25(4,5)6/h10-11H,7-9,12-13H2,1-6H3. The van der Waals surface area contributed by atoms with E-state index >= 15 is 0 Å². The van der Waals surface area contributed by atoms with Gasteiger partial charge in [0, 0.05) is 0 Å². The Morgan fingerprint density at radius 3 is 2.16 bits per heavy atom. The molecule has 0 N–H and O–H groups in total. The molecule has 1 aliphatic rings. The van der Waals surface area contributed by atoms with Gasteiger partial charge in [0.25, 0.3) is 0 Å². The number of rotatable bonds is 6. The molecule has 0 spiro atoms. The number of carbonyl (C=O) groups is 2. The Kier molecular flexibility index (Phi) is 5.77. The van der Waals surface area contributed by atoms with Gasteiger partial charge in [0.05, 0.1) is 22.3 Å². The molecule has 0 unspecified atom stereocenters. The van der Waals surface area contributed by atoms with E-state index in [9.17, 15) is 9.59 Å². The lowest BCUT2D eigenvalue weighted by atomic mass is 9.85. The second-order valence-electron chi connectivity index (χ2n) is 8.01. The lowest BCUT2D eigenvalue weighted by molar-refractivity contribution is -0.168. The van der Waals surface area contributed by atoms with Gasteiger partial charge in [-0.3, -0.25) is 9.59 Å². The zero-order chi connectivity index (χ0) is 18.8. The molecule has 0 bridgehead atoms. The van der Waals surface area contributed by atoms with Crippen LogP contribution in [0.1, 0.15) is 36.5 Å². The van der Waals surface area contributed by atoms with Crippen LogP contribution in [0.4, 0.5) is 0 Å². The number of hydrogen-bond donors (Lipinski definition) is 0. The number of benzene rings is 1. The van der Waals surface area contributed by atoms with Crippen molar-refractivity contribution in [3.05, 3.63) is 28.8 Å². The third-order valence-corrected chi connectivity index (χ3v) is 7.29. The molecule has 5 heteroatoms. The molecular formula is C20H30O4Si. The van der Waals surface area contributed by atoms with E-state index in [2.05, 4.69) is 38.7 Å². The summed E-state index contributed by atoms with van der Waals surface area (Å²) in [5.74, 6) is -0.987. The fraction of sp³-hybridized carbons (Fsp3) is 0.600. The molecule has 4 nitrogen and oxygen atoms in total. The Balaban J connectivity index is 2.59. The number of unbranched alkanes of at least 4 members (excludes halogenated alkanes) is 1. The number of ether oxygens (including phenoxy) is 2. The van der Waals surface area contributed by atoms with Gasteiger partial charge >= 0.3 is 11.9 Å². The quantitative estimate of drug-likeness (QED) is 0.443. The summed E-state index contributed by atoms with van der Waals surface area (Å²) < 4.78 is 9.97. The van der Waals surface area contributed by atoms with Crippen molar-refractivity contribution in [3.8, 4) is 0 Å². The molecule has 0 heterocycles. The number of esters is 2. The Morgan fingerprint density at radius 2 is 1.68 bits per heavy atom. The first-order valence-corrected chi connectivity index (χ1v) is 12.5. The first-order valence-electron chi connectivity index (χ1n) is 9.02. The SMILES string of the molecule is CCCCc1ccc2c(c1[Si](C)(C)C)CC(C(=O)OC)(C(=O)OC)C2. The number of methoxy groups -OCH3 is 2. The molecule has 2 rings (SSSR count). The topological polar surface area (TPSA) is 52.6 Å². The van der Waals surface area contributed by atoms with Crippen LogP contribution in [-0.4, -0.2) is 34.2 Å². The molecule has 0 aromatic heterocycles. The van der Waals surface area contributed by atoms with E-state index in [1.165, 1.54) is 30.5 Å². The van der Waals surface area contributed by atoms with Crippen molar-refractivity contribution in [2.75, 3.05) is 14.2 Å². The zero-order valence-corrected chi connectivity index (χ0v) is 17.3. The summed E-state index contributed by atoms with van der Waals surface area (Å²) in [5.41, 5.74) is 2.42. The van der Waals surface area contributed by atoms with Crippen molar-refractivity contribution in [2.45, 2.75) is 58.7 Å². The van der Waals surface area contributed by atoms with Crippen LogP contribution in [0.3, 0.4) is 0 Å². The number of aryl methyl sites for hydroxylation is 1. The van der Waals surface area contributed by atoms with E-state index in [4.69, 9.17) is 9.47 Å². The Hall–Kier alpha value is -1.62. The van der Waals surface area contributed by atoms with Crippen LogP contribution in [0.5, 0.6) is 0 Å². The van der Waals surface area contributed by atoms with Gasteiger partial charge in [-0.15, -0.1) is 0 Å². The van der Waals surface area contributed by atoms with E-state index in [0.717, 1.165) is 24.8 Å². The first kappa shape index (κ1) is 19.7. The highest BCUT2D eigenvalue weighted by molar-refractivity contribution is 6.89. The zero-order valence-electron chi connectivity index (χ0n) is 16.3. The maximum absolute atomic E-state index is 12.5. The average molecular weight is 363 g/mol.